The Balaban J connectivity index is 1.64. The van der Waals surface area contributed by atoms with Gasteiger partial charge in [-0.05, 0) is 31.2 Å². The van der Waals surface area contributed by atoms with Crippen LogP contribution in [0.4, 0.5) is 9.52 Å². The molecule has 0 spiro atoms. The maximum Gasteiger partial charge on any atom is 0.256 e. The van der Waals surface area contributed by atoms with Crippen molar-refractivity contribution >= 4 is 48.2 Å². The molecule has 1 fully saturated rings. The van der Waals surface area contributed by atoms with E-state index in [1.54, 1.807) is 30.5 Å². The summed E-state index contributed by atoms with van der Waals surface area (Å²) < 4.78 is 14.9. The highest BCUT2D eigenvalue weighted by Gasteiger charge is 2.22. The molecule has 0 unspecified atom stereocenters. The first-order valence-corrected chi connectivity index (χ1v) is 10.5. The highest BCUT2D eigenvalue weighted by atomic mass is 32.1. The molecule has 1 saturated heterocycles. The number of β-amino-alcohol motifs (C(OH)–C–C–N with tert-alkyl or cyclic N) is 1. The Kier molecular flexibility index (Phi) is 4.49. The molecule has 5 rings (SSSR count). The summed E-state index contributed by atoms with van der Waals surface area (Å²) in [5.41, 5.74) is 0.589. The first kappa shape index (κ1) is 18.5. The summed E-state index contributed by atoms with van der Waals surface area (Å²) in [6.07, 6.45) is 1.30. The van der Waals surface area contributed by atoms with Crippen molar-refractivity contribution in [2.45, 2.75) is 13.0 Å². The lowest BCUT2D eigenvalue weighted by Crippen LogP contribution is -2.48. The third-order valence-electron chi connectivity index (χ3n) is 5.49. The molecule has 2 aromatic heterocycles. The summed E-state index contributed by atoms with van der Waals surface area (Å²) in [6, 6.07) is 6.41. The van der Waals surface area contributed by atoms with Crippen molar-refractivity contribution in [2.75, 3.05) is 37.6 Å². The highest BCUT2D eigenvalue weighted by Crippen LogP contribution is 2.39. The van der Waals surface area contributed by atoms with Gasteiger partial charge in [0.05, 0.1) is 21.7 Å². The molecule has 0 saturated carbocycles. The zero-order valence-electron chi connectivity index (χ0n) is 16.0. The Morgan fingerprint density at radius 2 is 2.00 bits per heavy atom. The summed E-state index contributed by atoms with van der Waals surface area (Å²) in [5, 5.41) is 13.2. The standard InChI is InChI=1S/C21H21FN4O2S/c1-12(27)11-25-6-8-26(9-7-25)21-24-18-14-3-2-13(22)10-16(14)17-15(19(18)29-21)4-5-23-20(17)28/h2-5,10,12,27H,6-9,11H2,1H3,(H,23,28)/t12-/m0/s1. The van der Waals surface area contributed by atoms with Crippen LogP contribution in [0.15, 0.2) is 35.3 Å². The van der Waals surface area contributed by atoms with Crippen molar-refractivity contribution < 1.29 is 9.50 Å². The molecule has 0 amide bonds. The van der Waals surface area contributed by atoms with Crippen LogP contribution in [0.5, 0.6) is 0 Å². The number of aliphatic hydroxyl groups is 1. The molecule has 150 valence electrons. The maximum atomic E-state index is 14.0. The molecule has 0 radical (unpaired) electrons. The molecule has 8 heteroatoms. The second-order valence-corrected chi connectivity index (χ2v) is 8.57. The van der Waals surface area contributed by atoms with E-state index < -0.39 is 0 Å². The summed E-state index contributed by atoms with van der Waals surface area (Å²) in [7, 11) is 0. The number of nitrogens with one attached hydrogen (secondary N) is 1. The molecule has 0 aliphatic carbocycles. The molecule has 1 aliphatic heterocycles. The second kappa shape index (κ2) is 7.05. The quantitative estimate of drug-likeness (QED) is 0.506. The average Bonchev–Trinajstić information content (AvgIpc) is 3.14. The van der Waals surface area contributed by atoms with Gasteiger partial charge in [-0.3, -0.25) is 9.69 Å². The van der Waals surface area contributed by atoms with Gasteiger partial charge in [0.15, 0.2) is 5.13 Å². The number of hydrogen-bond donors (Lipinski definition) is 2. The monoisotopic (exact) mass is 412 g/mol. The maximum absolute atomic E-state index is 14.0. The number of halogens is 1. The predicted octanol–water partition coefficient (Wildman–Crippen LogP) is 2.93. The minimum atomic E-state index is -0.369. The van der Waals surface area contributed by atoms with E-state index in [4.69, 9.17) is 4.98 Å². The molecule has 4 aromatic rings. The van der Waals surface area contributed by atoms with Gasteiger partial charge in [-0.2, -0.15) is 0 Å². The summed E-state index contributed by atoms with van der Waals surface area (Å²) in [6.45, 7) is 5.88. The van der Waals surface area contributed by atoms with Crippen LogP contribution in [-0.4, -0.2) is 58.8 Å². The van der Waals surface area contributed by atoms with Crippen LogP contribution >= 0.6 is 11.3 Å². The van der Waals surface area contributed by atoms with Crippen LogP contribution in [0.1, 0.15) is 6.92 Å². The fourth-order valence-corrected chi connectivity index (χ4v) is 5.33. The van der Waals surface area contributed by atoms with Gasteiger partial charge in [-0.25, -0.2) is 9.37 Å². The molecule has 0 bridgehead atoms. The zero-order valence-corrected chi connectivity index (χ0v) is 16.8. The molecule has 29 heavy (non-hydrogen) atoms. The summed E-state index contributed by atoms with van der Waals surface area (Å²) in [5.74, 6) is -0.369. The number of thiazole rings is 1. The van der Waals surface area contributed by atoms with Gasteiger partial charge < -0.3 is 15.0 Å². The van der Waals surface area contributed by atoms with Crippen molar-refractivity contribution in [2.24, 2.45) is 0 Å². The number of fused-ring (bicyclic) bond motifs is 6. The summed E-state index contributed by atoms with van der Waals surface area (Å²) >= 11 is 1.58. The molecule has 3 heterocycles. The number of nitrogens with zero attached hydrogens (tertiary/aromatic N) is 3. The van der Waals surface area contributed by atoms with E-state index in [2.05, 4.69) is 14.8 Å². The van der Waals surface area contributed by atoms with E-state index in [9.17, 15) is 14.3 Å². The minimum Gasteiger partial charge on any atom is -0.392 e. The van der Waals surface area contributed by atoms with Gasteiger partial charge >= 0.3 is 0 Å². The van der Waals surface area contributed by atoms with Gasteiger partial charge in [-0.15, -0.1) is 0 Å². The lowest BCUT2D eigenvalue weighted by molar-refractivity contribution is 0.123. The average molecular weight is 412 g/mol. The Morgan fingerprint density at radius 3 is 2.76 bits per heavy atom. The topological polar surface area (TPSA) is 72.5 Å². The smallest absolute Gasteiger partial charge is 0.256 e. The number of pyridine rings is 1. The fraction of sp³-hybridized carbons (Fsp3) is 0.333. The van der Waals surface area contributed by atoms with Crippen molar-refractivity contribution in [1.82, 2.24) is 14.9 Å². The van der Waals surface area contributed by atoms with Gasteiger partial charge in [0.1, 0.15) is 5.82 Å². The van der Waals surface area contributed by atoms with Gasteiger partial charge in [0.2, 0.25) is 0 Å². The van der Waals surface area contributed by atoms with Gasteiger partial charge in [0, 0.05) is 55.1 Å². The number of H-pyrrole nitrogens is 1. The number of aromatic nitrogens is 2. The highest BCUT2D eigenvalue weighted by molar-refractivity contribution is 7.23. The third kappa shape index (κ3) is 3.17. The molecule has 6 nitrogen and oxygen atoms in total. The van der Waals surface area contributed by atoms with E-state index in [1.165, 1.54) is 12.1 Å². The van der Waals surface area contributed by atoms with Crippen LogP contribution < -0.4 is 10.5 Å². The number of benzene rings is 2. The number of piperazine rings is 1. The van der Waals surface area contributed by atoms with E-state index in [1.807, 2.05) is 6.07 Å². The first-order chi connectivity index (χ1) is 14.0. The van der Waals surface area contributed by atoms with Crippen LogP contribution in [0.25, 0.3) is 31.8 Å². The van der Waals surface area contributed by atoms with Crippen molar-refractivity contribution in [1.29, 1.82) is 0 Å². The zero-order chi connectivity index (χ0) is 20.1. The number of hydrogen-bond acceptors (Lipinski definition) is 6. The van der Waals surface area contributed by atoms with Gasteiger partial charge in [0.25, 0.3) is 5.56 Å². The van der Waals surface area contributed by atoms with Crippen LogP contribution in [0.2, 0.25) is 0 Å². The van der Waals surface area contributed by atoms with E-state index in [0.717, 1.165) is 52.3 Å². The number of anilines is 1. The van der Waals surface area contributed by atoms with Gasteiger partial charge in [-0.1, -0.05) is 11.3 Å². The Morgan fingerprint density at radius 1 is 1.21 bits per heavy atom. The van der Waals surface area contributed by atoms with Crippen molar-refractivity contribution in [3.8, 4) is 0 Å². The van der Waals surface area contributed by atoms with E-state index in [-0.39, 0.29) is 17.5 Å². The normalized spacial score (nSPS) is 16.9. The van der Waals surface area contributed by atoms with E-state index >= 15 is 0 Å². The second-order valence-electron chi connectivity index (χ2n) is 7.60. The molecule has 2 aromatic carbocycles. The van der Waals surface area contributed by atoms with Crippen molar-refractivity contribution in [3.63, 3.8) is 0 Å². The number of aliphatic hydroxyl groups excluding tert-OH is 1. The fourth-order valence-electron chi connectivity index (χ4n) is 4.17. The predicted molar refractivity (Wildman–Crippen MR) is 116 cm³/mol. The SMILES string of the molecule is C[C@H](O)CN1CCN(c2nc3c4ccc(F)cc4c4c(=O)[nH]ccc4c3s2)CC1. The lowest BCUT2D eigenvalue weighted by Gasteiger charge is -2.35. The number of rotatable bonds is 3. The molecule has 1 aliphatic rings. The van der Waals surface area contributed by atoms with E-state index in [0.29, 0.717) is 17.3 Å². The first-order valence-electron chi connectivity index (χ1n) is 9.70. The number of aromatic amines is 1. The van der Waals surface area contributed by atoms with Crippen LogP contribution in [-0.2, 0) is 0 Å². The minimum absolute atomic E-state index is 0.221. The van der Waals surface area contributed by atoms with Crippen LogP contribution in [0.3, 0.4) is 0 Å². The Hall–Kier alpha value is -2.55. The third-order valence-corrected chi connectivity index (χ3v) is 6.64. The van der Waals surface area contributed by atoms with Crippen molar-refractivity contribution in [3.05, 3.63) is 46.6 Å². The molecular formula is C21H21FN4O2S. The van der Waals surface area contributed by atoms with Crippen LogP contribution in [0, 0.1) is 5.82 Å². The molecular weight excluding hydrogens is 391 g/mol. The molecule has 1 atom stereocenters. The molecule has 2 N–H and O–H groups in total. The Labute approximate surface area is 170 Å². The lowest BCUT2D eigenvalue weighted by atomic mass is 10.0. The summed E-state index contributed by atoms with van der Waals surface area (Å²) in [4.78, 5) is 24.7. The largest absolute Gasteiger partial charge is 0.392 e. The Bertz CT molecular complexity index is 1270.